The number of alkyl halides is 3. The summed E-state index contributed by atoms with van der Waals surface area (Å²) in [6, 6.07) is 5.11. The van der Waals surface area contributed by atoms with Crippen LogP contribution in [0.3, 0.4) is 0 Å². The Labute approximate surface area is 162 Å². The third-order valence-electron chi connectivity index (χ3n) is 4.21. The van der Waals surface area contributed by atoms with Crippen LogP contribution in [-0.2, 0) is 22.9 Å². The van der Waals surface area contributed by atoms with Crippen LogP contribution in [0.25, 0.3) is 5.69 Å². The van der Waals surface area contributed by atoms with Crippen LogP contribution in [0.2, 0.25) is 0 Å². The van der Waals surface area contributed by atoms with Crippen molar-refractivity contribution in [3.8, 4) is 11.6 Å². The van der Waals surface area contributed by atoms with Gasteiger partial charge in [-0.3, -0.25) is 9.55 Å². The molecule has 12 heteroatoms. The molecule has 0 bridgehead atoms. The summed E-state index contributed by atoms with van der Waals surface area (Å²) in [5.41, 5.74) is 0.928. The molecule has 3 N–H and O–H groups in total. The highest BCUT2D eigenvalue weighted by Gasteiger charge is 2.46. The maximum absolute atomic E-state index is 12.7. The van der Waals surface area contributed by atoms with Gasteiger partial charge in [-0.1, -0.05) is 0 Å². The van der Waals surface area contributed by atoms with E-state index in [1.807, 2.05) is 0 Å². The summed E-state index contributed by atoms with van der Waals surface area (Å²) < 4.78 is 62.8. The largest absolute Gasteiger partial charge is 0.501 e. The first kappa shape index (κ1) is 20.6. The zero-order chi connectivity index (χ0) is 21.4. The Balaban J connectivity index is 1.98. The molecule has 0 aliphatic rings. The molecule has 0 aliphatic heterocycles. The lowest BCUT2D eigenvalue weighted by atomic mass is 10.1. The number of nitrogens with zero attached hydrogens (tertiary/aromatic N) is 3. The molecule has 0 fully saturated rings. The van der Waals surface area contributed by atoms with Gasteiger partial charge in [0.15, 0.2) is 0 Å². The van der Waals surface area contributed by atoms with Crippen LogP contribution in [0.5, 0.6) is 5.88 Å². The average molecular weight is 428 g/mol. The molecule has 1 aromatic carbocycles. The molecule has 0 unspecified atom stereocenters. The average Bonchev–Trinajstić information content (AvgIpc) is 2.94. The van der Waals surface area contributed by atoms with Crippen molar-refractivity contribution in [2.45, 2.75) is 23.5 Å². The number of benzene rings is 1. The smallest absolute Gasteiger partial charge is 0.493 e. The first-order valence-corrected chi connectivity index (χ1v) is 9.59. The van der Waals surface area contributed by atoms with Gasteiger partial charge in [-0.05, 0) is 41.5 Å². The predicted molar refractivity (Wildman–Crippen MR) is 96.2 cm³/mol. The van der Waals surface area contributed by atoms with E-state index in [1.165, 1.54) is 10.8 Å². The molecular weight excluding hydrogens is 413 g/mol. The van der Waals surface area contributed by atoms with Crippen molar-refractivity contribution in [3.63, 3.8) is 0 Å². The van der Waals surface area contributed by atoms with Gasteiger partial charge in [0.05, 0.1) is 23.3 Å². The Morgan fingerprint density at radius 1 is 1.10 bits per heavy atom. The van der Waals surface area contributed by atoms with Crippen LogP contribution >= 0.6 is 0 Å². The van der Waals surface area contributed by atoms with Crippen molar-refractivity contribution in [3.05, 3.63) is 70.5 Å². The molecule has 0 spiro atoms. The lowest BCUT2D eigenvalue weighted by molar-refractivity contribution is -0.0436. The fourth-order valence-electron chi connectivity index (χ4n) is 2.72. The van der Waals surface area contributed by atoms with Crippen molar-refractivity contribution in [2.24, 2.45) is 5.73 Å². The van der Waals surface area contributed by atoms with E-state index in [4.69, 9.17) is 5.73 Å². The standard InChI is InChI=1S/C17H15F3N4O4S/c18-17(19,20)29(27,28)14-3-1-13(2-4-14)24-15(25)10-23(16(24)26)9-11-5-6-22-8-12(11)7-21/h1-6,8,10,25H,7,9,21H2. The number of aromatic hydroxyl groups is 1. The molecule has 2 aromatic heterocycles. The summed E-state index contributed by atoms with van der Waals surface area (Å²) >= 11 is 0. The Kier molecular flexibility index (Phi) is 5.24. The van der Waals surface area contributed by atoms with Crippen LogP contribution in [0.1, 0.15) is 11.1 Å². The number of nitrogens with two attached hydrogens (primary N) is 1. The number of hydrogen-bond donors (Lipinski definition) is 2. The summed E-state index contributed by atoms with van der Waals surface area (Å²) in [6.45, 7) is 0.273. The SMILES string of the molecule is NCc1cnccc1Cn1cc(O)n(-c2ccc(S(=O)(=O)C(F)(F)F)cc2)c1=O. The number of halogens is 3. The molecule has 0 atom stereocenters. The molecule has 0 saturated heterocycles. The van der Waals surface area contributed by atoms with Gasteiger partial charge in [0.1, 0.15) is 0 Å². The molecule has 8 nitrogen and oxygen atoms in total. The fourth-order valence-corrected chi connectivity index (χ4v) is 3.48. The normalized spacial score (nSPS) is 12.3. The number of rotatable bonds is 5. The number of sulfone groups is 1. The number of pyridine rings is 1. The Morgan fingerprint density at radius 3 is 2.34 bits per heavy atom. The van der Waals surface area contributed by atoms with Crippen LogP contribution in [0.4, 0.5) is 13.2 Å². The minimum absolute atomic E-state index is 0.00107. The van der Waals surface area contributed by atoms with Crippen molar-refractivity contribution >= 4 is 9.84 Å². The van der Waals surface area contributed by atoms with Gasteiger partial charge < -0.3 is 10.8 Å². The lowest BCUT2D eigenvalue weighted by Crippen LogP contribution is -2.25. The minimum atomic E-state index is -5.51. The predicted octanol–water partition coefficient (Wildman–Crippen LogP) is 1.54. The topological polar surface area (TPSA) is 120 Å². The van der Waals surface area contributed by atoms with Crippen molar-refractivity contribution < 1.29 is 26.7 Å². The quantitative estimate of drug-likeness (QED) is 0.636. The molecule has 3 aromatic rings. The van der Waals surface area contributed by atoms with Crippen molar-refractivity contribution in [1.82, 2.24) is 14.1 Å². The molecule has 0 amide bonds. The van der Waals surface area contributed by atoms with Gasteiger partial charge in [0, 0.05) is 18.9 Å². The molecule has 3 rings (SSSR count). The first-order chi connectivity index (χ1) is 13.6. The second-order valence-corrected chi connectivity index (χ2v) is 7.97. The molecule has 29 heavy (non-hydrogen) atoms. The van der Waals surface area contributed by atoms with E-state index in [-0.39, 0.29) is 18.8 Å². The maximum Gasteiger partial charge on any atom is 0.501 e. The first-order valence-electron chi connectivity index (χ1n) is 8.11. The fraction of sp³-hybridized carbons (Fsp3) is 0.176. The molecule has 2 heterocycles. The molecule has 154 valence electrons. The summed E-state index contributed by atoms with van der Waals surface area (Å²) in [6.07, 6.45) is 4.23. The summed E-state index contributed by atoms with van der Waals surface area (Å²) in [5, 5.41) is 10.1. The summed E-state index contributed by atoms with van der Waals surface area (Å²) in [5.74, 6) is -0.468. The van der Waals surface area contributed by atoms with Gasteiger partial charge in [-0.2, -0.15) is 13.2 Å². The highest BCUT2D eigenvalue weighted by molar-refractivity contribution is 7.92. The van der Waals surface area contributed by atoms with Crippen molar-refractivity contribution in [1.29, 1.82) is 0 Å². The van der Waals surface area contributed by atoms with E-state index in [1.54, 1.807) is 12.3 Å². The maximum atomic E-state index is 12.7. The van der Waals surface area contributed by atoms with Crippen LogP contribution in [0, 0.1) is 0 Å². The van der Waals surface area contributed by atoms with Crippen molar-refractivity contribution in [2.75, 3.05) is 0 Å². The van der Waals surface area contributed by atoms with Crippen LogP contribution in [0.15, 0.2) is 58.6 Å². The van der Waals surface area contributed by atoms with E-state index in [2.05, 4.69) is 4.98 Å². The molecule has 0 saturated carbocycles. The third-order valence-corrected chi connectivity index (χ3v) is 5.71. The minimum Gasteiger partial charge on any atom is -0.493 e. The Morgan fingerprint density at radius 2 is 1.76 bits per heavy atom. The second-order valence-electron chi connectivity index (χ2n) is 6.02. The highest BCUT2D eigenvalue weighted by Crippen LogP contribution is 2.30. The second kappa shape index (κ2) is 7.37. The number of hydrogen-bond acceptors (Lipinski definition) is 6. The van der Waals surface area contributed by atoms with E-state index < -0.39 is 31.8 Å². The van der Waals surface area contributed by atoms with Gasteiger partial charge in [-0.25, -0.2) is 17.8 Å². The van der Waals surface area contributed by atoms with Gasteiger partial charge >= 0.3 is 11.2 Å². The number of imidazole rings is 1. The van der Waals surface area contributed by atoms with Crippen LogP contribution in [-0.4, -0.2) is 33.2 Å². The lowest BCUT2D eigenvalue weighted by Gasteiger charge is -2.09. The van der Waals surface area contributed by atoms with E-state index >= 15 is 0 Å². The zero-order valence-corrected chi connectivity index (χ0v) is 15.5. The Hall–Kier alpha value is -3.12. The third kappa shape index (κ3) is 3.76. The van der Waals surface area contributed by atoms with Gasteiger partial charge in [0.25, 0.3) is 9.84 Å². The zero-order valence-electron chi connectivity index (χ0n) is 14.7. The monoisotopic (exact) mass is 428 g/mol. The highest BCUT2D eigenvalue weighted by atomic mass is 32.2. The Bertz CT molecular complexity index is 1200. The summed E-state index contributed by atoms with van der Waals surface area (Å²) in [7, 11) is -5.51. The van der Waals surface area contributed by atoms with Crippen LogP contribution < -0.4 is 11.4 Å². The summed E-state index contributed by atoms with van der Waals surface area (Å²) in [4.78, 5) is 15.6. The van der Waals surface area contributed by atoms with Gasteiger partial charge in [-0.15, -0.1) is 0 Å². The molecule has 0 aliphatic carbocycles. The van der Waals surface area contributed by atoms with E-state index in [9.17, 15) is 31.5 Å². The molecule has 0 radical (unpaired) electrons. The molecular formula is C17H15F3N4O4S. The van der Waals surface area contributed by atoms with E-state index in [0.29, 0.717) is 11.1 Å². The number of aromatic nitrogens is 3. The van der Waals surface area contributed by atoms with E-state index in [0.717, 1.165) is 35.0 Å². The van der Waals surface area contributed by atoms with Gasteiger partial charge in [0.2, 0.25) is 5.88 Å².